The molecule has 0 aliphatic carbocycles. The van der Waals surface area contributed by atoms with E-state index in [1.807, 2.05) is 54.4 Å². The van der Waals surface area contributed by atoms with Gasteiger partial charge in [0.05, 0.1) is 14.2 Å². The number of carbonyl (C=O) groups is 2. The van der Waals surface area contributed by atoms with E-state index >= 15 is 0 Å². The number of amides is 2. The fraction of sp³-hybridized carbons (Fsp3) is 0.346. The minimum Gasteiger partial charge on any atom is -0.497 e. The normalized spacial score (nSPS) is 27.9. The number of benzene rings is 2. The lowest BCUT2D eigenvalue weighted by Crippen LogP contribution is -2.62. The quantitative estimate of drug-likeness (QED) is 0.452. The van der Waals surface area contributed by atoms with Crippen molar-refractivity contribution in [3.8, 4) is 11.5 Å². The molecular weight excluding hydrogens is 482 g/mol. The van der Waals surface area contributed by atoms with Gasteiger partial charge in [-0.1, -0.05) is 42.2 Å². The second-order valence-corrected chi connectivity index (χ2v) is 10.9. The average Bonchev–Trinajstić information content (AvgIpc) is 3.37. The van der Waals surface area contributed by atoms with Crippen molar-refractivity contribution in [2.45, 2.75) is 16.2 Å². The van der Waals surface area contributed by atoms with Crippen LogP contribution in [0.3, 0.4) is 0 Å². The molecule has 3 atom stereocenters. The second-order valence-electron chi connectivity index (χ2n) is 8.98. The number of hydrogen-bond donors (Lipinski definition) is 0. The van der Waals surface area contributed by atoms with E-state index in [-0.39, 0.29) is 24.3 Å². The smallest absolute Gasteiger partial charge is 0.254 e. The van der Waals surface area contributed by atoms with Crippen LogP contribution in [0, 0.1) is 0 Å². The van der Waals surface area contributed by atoms with Crippen LogP contribution in [0.2, 0.25) is 0 Å². The van der Waals surface area contributed by atoms with Gasteiger partial charge < -0.3 is 14.4 Å². The Hall–Kier alpha value is -2.88. The summed E-state index contributed by atoms with van der Waals surface area (Å²) in [5.41, 5.74) is 1.15. The molecule has 0 radical (unpaired) electrons. The molecular formula is C26H27N3O4S2. The standard InChI is InChI=1S/C26H27N3O4S2/c1-6-12-29-23(31)26(35-24(29)34)20(16-8-7-9-17(13-16)32-4)15-27(2)25(26)19-14-18(33-5)10-11-21(19)28(3)22(25)30/h6-11,13-14,20H,1,12,15H2,2-5H3/t20-,25-,26-/m1/s1. The van der Waals surface area contributed by atoms with Crippen LogP contribution in [0.5, 0.6) is 11.5 Å². The molecule has 2 fully saturated rings. The van der Waals surface area contributed by atoms with Gasteiger partial charge in [-0.05, 0) is 42.9 Å². The summed E-state index contributed by atoms with van der Waals surface area (Å²) in [4.78, 5) is 34.1. The summed E-state index contributed by atoms with van der Waals surface area (Å²) in [7, 11) is 6.88. The van der Waals surface area contributed by atoms with Gasteiger partial charge in [-0.15, -0.1) is 6.58 Å². The maximum absolute atomic E-state index is 14.5. The number of anilines is 1. The maximum atomic E-state index is 14.5. The van der Waals surface area contributed by atoms with Crippen molar-refractivity contribution in [2.75, 3.05) is 46.3 Å². The van der Waals surface area contributed by atoms with Gasteiger partial charge >= 0.3 is 0 Å². The predicted molar refractivity (Wildman–Crippen MR) is 141 cm³/mol. The van der Waals surface area contributed by atoms with Gasteiger partial charge in [0.1, 0.15) is 20.6 Å². The molecule has 182 valence electrons. The summed E-state index contributed by atoms with van der Waals surface area (Å²) in [6.45, 7) is 4.58. The van der Waals surface area contributed by atoms with Crippen molar-refractivity contribution in [3.63, 3.8) is 0 Å². The molecule has 0 aromatic heterocycles. The number of carbonyl (C=O) groups excluding carboxylic acids is 2. The van der Waals surface area contributed by atoms with Gasteiger partial charge in [-0.3, -0.25) is 19.4 Å². The lowest BCUT2D eigenvalue weighted by atomic mass is 9.72. The van der Waals surface area contributed by atoms with Gasteiger partial charge in [0.15, 0.2) is 5.54 Å². The van der Waals surface area contributed by atoms with Crippen LogP contribution in [0.15, 0.2) is 55.1 Å². The minimum atomic E-state index is -1.28. The first-order chi connectivity index (χ1) is 16.8. The van der Waals surface area contributed by atoms with Crippen molar-refractivity contribution >= 4 is 45.8 Å². The van der Waals surface area contributed by atoms with Gasteiger partial charge in [0.25, 0.3) is 5.91 Å². The fourth-order valence-electron chi connectivity index (χ4n) is 5.95. The number of fused-ring (bicyclic) bond motifs is 3. The Balaban J connectivity index is 1.84. The highest BCUT2D eigenvalue weighted by Gasteiger charge is 2.78. The Morgan fingerprint density at radius 1 is 1.11 bits per heavy atom. The van der Waals surface area contributed by atoms with Crippen LogP contribution >= 0.6 is 24.0 Å². The van der Waals surface area contributed by atoms with Gasteiger partial charge in [-0.25, -0.2) is 0 Å². The zero-order valence-electron chi connectivity index (χ0n) is 20.1. The highest BCUT2D eigenvalue weighted by molar-refractivity contribution is 8.25. The van der Waals surface area contributed by atoms with Crippen LogP contribution < -0.4 is 14.4 Å². The summed E-state index contributed by atoms with van der Waals surface area (Å²) in [5.74, 6) is 0.654. The monoisotopic (exact) mass is 509 g/mol. The van der Waals surface area contributed by atoms with Crippen LogP contribution in [0.1, 0.15) is 17.0 Å². The summed E-state index contributed by atoms with van der Waals surface area (Å²) in [6.07, 6.45) is 1.66. The van der Waals surface area contributed by atoms with E-state index in [1.54, 1.807) is 37.1 Å². The van der Waals surface area contributed by atoms with Crippen molar-refractivity contribution < 1.29 is 19.1 Å². The zero-order chi connectivity index (χ0) is 25.1. The third kappa shape index (κ3) is 2.92. The summed E-state index contributed by atoms with van der Waals surface area (Å²) in [6, 6.07) is 13.3. The second kappa shape index (κ2) is 8.36. The molecule has 9 heteroatoms. The Morgan fingerprint density at radius 3 is 2.51 bits per heavy atom. The predicted octanol–water partition coefficient (Wildman–Crippen LogP) is 3.39. The number of nitrogens with zero attached hydrogens (tertiary/aromatic N) is 3. The Kier molecular flexibility index (Phi) is 5.69. The lowest BCUT2D eigenvalue weighted by molar-refractivity contribution is -0.138. The molecule has 0 unspecified atom stereocenters. The molecule has 0 saturated carbocycles. The fourth-order valence-corrected chi connectivity index (χ4v) is 8.09. The van der Waals surface area contributed by atoms with E-state index in [4.69, 9.17) is 21.7 Å². The number of thioether (sulfide) groups is 1. The number of likely N-dealkylation sites (tertiary alicyclic amines) is 1. The number of rotatable bonds is 5. The molecule has 0 bridgehead atoms. The number of ether oxygens (including phenoxy) is 2. The average molecular weight is 510 g/mol. The molecule has 2 spiro atoms. The van der Waals surface area contributed by atoms with Crippen molar-refractivity contribution in [1.82, 2.24) is 9.80 Å². The Morgan fingerprint density at radius 2 is 1.83 bits per heavy atom. The molecule has 7 nitrogen and oxygen atoms in total. The SMILES string of the molecule is C=CCN1C(=O)[C@]2(SC1=S)[C@@H](c1cccc(OC)c1)CN(C)[C@]21C(=O)N(C)c2ccc(OC)cc21. The molecule has 2 saturated heterocycles. The van der Waals surface area contributed by atoms with E-state index in [0.29, 0.717) is 22.4 Å². The van der Waals surface area contributed by atoms with Crippen molar-refractivity contribution in [1.29, 1.82) is 0 Å². The summed E-state index contributed by atoms with van der Waals surface area (Å²) in [5, 5.41) is 0. The lowest BCUT2D eigenvalue weighted by Gasteiger charge is -2.42. The summed E-state index contributed by atoms with van der Waals surface area (Å²) < 4.78 is 10.3. The van der Waals surface area contributed by atoms with E-state index in [9.17, 15) is 9.59 Å². The number of methoxy groups -OCH3 is 2. The molecule has 3 heterocycles. The van der Waals surface area contributed by atoms with Crippen LogP contribution in [-0.2, 0) is 15.1 Å². The number of hydrogen-bond acceptors (Lipinski definition) is 7. The van der Waals surface area contributed by atoms with Gasteiger partial charge in [0.2, 0.25) is 5.91 Å². The molecule has 3 aliphatic rings. The van der Waals surface area contributed by atoms with Crippen molar-refractivity contribution in [3.05, 3.63) is 66.2 Å². The Labute approximate surface area is 214 Å². The van der Waals surface area contributed by atoms with Gasteiger partial charge in [-0.2, -0.15) is 0 Å². The van der Waals surface area contributed by atoms with E-state index in [0.717, 1.165) is 16.8 Å². The highest BCUT2D eigenvalue weighted by Crippen LogP contribution is 2.66. The largest absolute Gasteiger partial charge is 0.497 e. The topological polar surface area (TPSA) is 62.3 Å². The maximum Gasteiger partial charge on any atom is 0.254 e. The van der Waals surface area contributed by atoms with Gasteiger partial charge in [0, 0.05) is 37.3 Å². The molecule has 2 amide bonds. The van der Waals surface area contributed by atoms with E-state index < -0.39 is 10.3 Å². The third-order valence-corrected chi connectivity index (χ3v) is 9.41. The molecule has 5 rings (SSSR count). The Bertz CT molecular complexity index is 1270. The van der Waals surface area contributed by atoms with Crippen LogP contribution in [0.4, 0.5) is 5.69 Å². The van der Waals surface area contributed by atoms with Crippen LogP contribution in [-0.4, -0.2) is 72.1 Å². The molecule has 2 aromatic rings. The minimum absolute atomic E-state index is 0.155. The van der Waals surface area contributed by atoms with E-state index in [1.165, 1.54) is 11.8 Å². The molecule has 3 aliphatic heterocycles. The molecule has 2 aromatic carbocycles. The van der Waals surface area contributed by atoms with Crippen molar-refractivity contribution in [2.24, 2.45) is 0 Å². The first-order valence-corrected chi connectivity index (χ1v) is 12.5. The first-order valence-electron chi connectivity index (χ1n) is 11.3. The highest BCUT2D eigenvalue weighted by atomic mass is 32.2. The summed E-state index contributed by atoms with van der Waals surface area (Å²) >= 11 is 7.06. The molecule has 35 heavy (non-hydrogen) atoms. The third-order valence-electron chi connectivity index (χ3n) is 7.47. The zero-order valence-corrected chi connectivity index (χ0v) is 21.7. The van der Waals surface area contributed by atoms with Crippen LogP contribution in [0.25, 0.3) is 0 Å². The number of likely N-dealkylation sites (N-methyl/N-ethyl adjacent to an activating group) is 2. The number of thiocarbonyl (C=S) groups is 1. The van der Waals surface area contributed by atoms with E-state index in [2.05, 4.69) is 6.58 Å². The first kappa shape index (κ1) is 23.8. The molecule has 0 N–H and O–H groups in total.